The predicted molar refractivity (Wildman–Crippen MR) is 113 cm³/mol. The van der Waals surface area contributed by atoms with Gasteiger partial charge >= 0.3 is 0 Å². The fraction of sp³-hybridized carbons (Fsp3) is 0.417. The number of nitrogens with zero attached hydrogens (tertiary/aromatic N) is 3. The summed E-state index contributed by atoms with van der Waals surface area (Å²) in [6.07, 6.45) is 4.47. The van der Waals surface area contributed by atoms with E-state index in [0.717, 1.165) is 41.3 Å². The summed E-state index contributed by atoms with van der Waals surface area (Å²) >= 11 is 0. The highest BCUT2D eigenvalue weighted by Crippen LogP contribution is 2.49. The van der Waals surface area contributed by atoms with E-state index in [1.807, 2.05) is 38.1 Å². The zero-order valence-electron chi connectivity index (χ0n) is 17.6. The summed E-state index contributed by atoms with van der Waals surface area (Å²) in [5.41, 5.74) is 9.27. The molecule has 0 radical (unpaired) electrons. The number of carbonyl (C=O) groups is 2. The molecule has 0 saturated heterocycles. The summed E-state index contributed by atoms with van der Waals surface area (Å²) in [7, 11) is 0. The minimum Gasteiger partial charge on any atom is -0.370 e. The standard InChI is InChI=1S/C24H26N4O2/c1-14-19-8-9-20-23(24(19,3)12-17(13-25)22(14)30)27-15(2)28(20)18-6-4-5-16(11-18)7-10-21(26)29/h4-6,11-12,14,19H,7-10H2,1-3H3,(H2,26,29)/t14-,19-,24-/m0/s1. The first-order valence-electron chi connectivity index (χ1n) is 10.4. The summed E-state index contributed by atoms with van der Waals surface area (Å²) in [4.78, 5) is 28.7. The van der Waals surface area contributed by atoms with Gasteiger partial charge in [0.25, 0.3) is 0 Å². The number of ketones is 1. The van der Waals surface area contributed by atoms with E-state index in [0.29, 0.717) is 12.8 Å². The number of primary amides is 1. The van der Waals surface area contributed by atoms with Gasteiger partial charge < -0.3 is 10.3 Å². The molecule has 0 bridgehead atoms. The quantitative estimate of drug-likeness (QED) is 0.849. The molecule has 1 amide bonds. The van der Waals surface area contributed by atoms with E-state index in [1.54, 1.807) is 0 Å². The number of amides is 1. The van der Waals surface area contributed by atoms with Crippen LogP contribution in [0.3, 0.4) is 0 Å². The summed E-state index contributed by atoms with van der Waals surface area (Å²) in [5, 5.41) is 9.49. The van der Waals surface area contributed by atoms with Crippen LogP contribution in [-0.2, 0) is 27.8 Å². The van der Waals surface area contributed by atoms with Crippen LogP contribution in [0.25, 0.3) is 5.69 Å². The molecule has 154 valence electrons. The molecule has 0 aliphatic heterocycles. The lowest BCUT2D eigenvalue weighted by Crippen LogP contribution is -2.45. The number of imidazole rings is 1. The highest BCUT2D eigenvalue weighted by atomic mass is 16.1. The molecule has 2 aliphatic carbocycles. The number of aromatic nitrogens is 2. The van der Waals surface area contributed by atoms with Gasteiger partial charge in [0, 0.05) is 29.1 Å². The first-order chi connectivity index (χ1) is 14.3. The van der Waals surface area contributed by atoms with Crippen molar-refractivity contribution in [3.8, 4) is 11.8 Å². The van der Waals surface area contributed by atoms with Crippen molar-refractivity contribution >= 4 is 11.7 Å². The van der Waals surface area contributed by atoms with Gasteiger partial charge in [0.2, 0.25) is 5.91 Å². The van der Waals surface area contributed by atoms with Crippen LogP contribution >= 0.6 is 0 Å². The van der Waals surface area contributed by atoms with Crippen LogP contribution in [0.2, 0.25) is 0 Å². The maximum Gasteiger partial charge on any atom is 0.217 e. The minimum absolute atomic E-state index is 0.0540. The average Bonchev–Trinajstić information content (AvgIpc) is 3.06. The molecule has 0 fully saturated rings. The van der Waals surface area contributed by atoms with Crippen LogP contribution in [0, 0.1) is 30.1 Å². The van der Waals surface area contributed by atoms with Crippen LogP contribution in [0.4, 0.5) is 0 Å². The summed E-state index contributed by atoms with van der Waals surface area (Å²) in [6, 6.07) is 10.2. The molecule has 0 spiro atoms. The second kappa shape index (κ2) is 7.24. The Morgan fingerprint density at radius 3 is 2.90 bits per heavy atom. The molecule has 0 saturated carbocycles. The molecule has 2 N–H and O–H groups in total. The van der Waals surface area contributed by atoms with Gasteiger partial charge in [0.15, 0.2) is 5.78 Å². The number of nitriles is 1. The number of Topliss-reactive ketones (excluding diaryl/α,β-unsaturated/α-hetero) is 1. The molecule has 30 heavy (non-hydrogen) atoms. The molecule has 4 rings (SSSR count). The van der Waals surface area contributed by atoms with E-state index < -0.39 is 5.41 Å². The highest BCUT2D eigenvalue weighted by molar-refractivity contribution is 6.02. The van der Waals surface area contributed by atoms with Crippen LogP contribution in [0.15, 0.2) is 35.9 Å². The molecule has 1 aromatic heterocycles. The Kier molecular flexibility index (Phi) is 4.85. The van der Waals surface area contributed by atoms with Gasteiger partial charge in [-0.1, -0.05) is 32.1 Å². The molecular formula is C24H26N4O2. The molecule has 2 aromatic rings. The number of aryl methyl sites for hydroxylation is 2. The molecule has 0 unspecified atom stereocenters. The fourth-order valence-corrected chi connectivity index (χ4v) is 5.30. The minimum atomic E-state index is -0.439. The van der Waals surface area contributed by atoms with Crippen molar-refractivity contribution < 1.29 is 9.59 Å². The Hall–Kier alpha value is -3.20. The fourth-order valence-electron chi connectivity index (χ4n) is 5.30. The van der Waals surface area contributed by atoms with Gasteiger partial charge in [-0.3, -0.25) is 9.59 Å². The summed E-state index contributed by atoms with van der Waals surface area (Å²) in [6.45, 7) is 6.03. The zero-order chi connectivity index (χ0) is 21.6. The van der Waals surface area contributed by atoms with Crippen molar-refractivity contribution in [3.63, 3.8) is 0 Å². The van der Waals surface area contributed by atoms with E-state index in [9.17, 15) is 14.9 Å². The van der Waals surface area contributed by atoms with E-state index in [4.69, 9.17) is 10.7 Å². The monoisotopic (exact) mass is 402 g/mol. The maximum absolute atomic E-state index is 12.6. The number of fused-ring (bicyclic) bond motifs is 3. The lowest BCUT2D eigenvalue weighted by atomic mass is 9.58. The third kappa shape index (κ3) is 3.06. The number of benzene rings is 1. The van der Waals surface area contributed by atoms with Gasteiger partial charge in [-0.15, -0.1) is 0 Å². The third-order valence-electron chi connectivity index (χ3n) is 6.79. The Bertz CT molecular complexity index is 1120. The van der Waals surface area contributed by atoms with Crippen LogP contribution in [0.1, 0.15) is 49.5 Å². The SMILES string of the molecule is Cc1nc2c(n1-c1cccc(CCC(N)=O)c1)CC[C@H]1[C@H](C)C(=O)C(C#N)=C[C@]21C. The van der Waals surface area contributed by atoms with Crippen molar-refractivity contribution in [1.82, 2.24) is 9.55 Å². The van der Waals surface area contributed by atoms with Crippen LogP contribution in [-0.4, -0.2) is 21.2 Å². The molecule has 6 heteroatoms. The molecule has 1 aromatic carbocycles. The Balaban J connectivity index is 1.81. The number of hydrogen-bond donors (Lipinski definition) is 1. The predicted octanol–water partition coefficient (Wildman–Crippen LogP) is 3.09. The lowest BCUT2D eigenvalue weighted by Gasteiger charge is -2.44. The normalized spacial score (nSPS) is 25.1. The maximum atomic E-state index is 12.6. The second-order valence-electron chi connectivity index (χ2n) is 8.68. The average molecular weight is 402 g/mol. The summed E-state index contributed by atoms with van der Waals surface area (Å²) < 4.78 is 2.17. The number of carbonyl (C=O) groups excluding carboxylic acids is 2. The third-order valence-corrected chi connectivity index (χ3v) is 6.79. The van der Waals surface area contributed by atoms with Crippen molar-refractivity contribution in [1.29, 1.82) is 5.26 Å². The first-order valence-corrected chi connectivity index (χ1v) is 10.4. The molecule has 3 atom stereocenters. The number of hydrogen-bond acceptors (Lipinski definition) is 4. The van der Waals surface area contributed by atoms with Gasteiger partial charge in [-0.2, -0.15) is 5.26 Å². The van der Waals surface area contributed by atoms with Crippen molar-refractivity contribution in [2.24, 2.45) is 17.6 Å². The molecule has 2 aliphatic rings. The Labute approximate surface area is 176 Å². The Morgan fingerprint density at radius 2 is 2.20 bits per heavy atom. The van der Waals surface area contributed by atoms with Gasteiger partial charge in [0.05, 0.1) is 11.3 Å². The number of rotatable bonds is 4. The van der Waals surface area contributed by atoms with E-state index >= 15 is 0 Å². The number of allylic oxidation sites excluding steroid dienone is 2. The van der Waals surface area contributed by atoms with Gasteiger partial charge in [-0.05, 0) is 49.8 Å². The van der Waals surface area contributed by atoms with Crippen LogP contribution in [0.5, 0.6) is 0 Å². The summed E-state index contributed by atoms with van der Waals surface area (Å²) in [5.74, 6) is 0.466. The number of nitrogens with two attached hydrogens (primary N) is 1. The van der Waals surface area contributed by atoms with Crippen molar-refractivity contribution in [2.75, 3.05) is 0 Å². The van der Waals surface area contributed by atoms with Crippen molar-refractivity contribution in [2.45, 2.75) is 51.9 Å². The van der Waals surface area contributed by atoms with Gasteiger partial charge in [-0.25, -0.2) is 4.98 Å². The lowest BCUT2D eigenvalue weighted by molar-refractivity contribution is -0.121. The van der Waals surface area contributed by atoms with Crippen molar-refractivity contribution in [3.05, 3.63) is 58.7 Å². The largest absolute Gasteiger partial charge is 0.370 e. The Morgan fingerprint density at radius 1 is 1.43 bits per heavy atom. The van der Waals surface area contributed by atoms with Gasteiger partial charge in [0.1, 0.15) is 11.9 Å². The molecule has 1 heterocycles. The van der Waals surface area contributed by atoms with Crippen LogP contribution < -0.4 is 5.73 Å². The van der Waals surface area contributed by atoms with E-state index in [1.165, 1.54) is 0 Å². The smallest absolute Gasteiger partial charge is 0.217 e. The first kappa shape index (κ1) is 20.1. The molecule has 6 nitrogen and oxygen atoms in total. The zero-order valence-corrected chi connectivity index (χ0v) is 17.6. The highest BCUT2D eigenvalue weighted by Gasteiger charge is 2.50. The van der Waals surface area contributed by atoms with E-state index in [-0.39, 0.29) is 29.1 Å². The molecular weight excluding hydrogens is 376 g/mol. The topological polar surface area (TPSA) is 102 Å². The second-order valence-corrected chi connectivity index (χ2v) is 8.68. The van der Waals surface area contributed by atoms with E-state index in [2.05, 4.69) is 23.6 Å².